The minimum Gasteiger partial charge on any atom is -0.478 e. The van der Waals surface area contributed by atoms with Crippen LogP contribution in [0.5, 0.6) is 0 Å². The average Bonchev–Trinajstić information content (AvgIpc) is 3.09. The second kappa shape index (κ2) is 3.23. The van der Waals surface area contributed by atoms with Crippen LogP contribution in [0.15, 0.2) is 23.0 Å². The summed E-state index contributed by atoms with van der Waals surface area (Å²) in [6.45, 7) is 0. The molecule has 0 aliphatic heterocycles. The third kappa shape index (κ3) is 1.32. The fourth-order valence-corrected chi connectivity index (χ4v) is 2.26. The Kier molecular flexibility index (Phi) is 1.92. The Balaban J connectivity index is 2.49. The highest BCUT2D eigenvalue weighted by Gasteiger charge is 2.30. The molecule has 0 bridgehead atoms. The van der Waals surface area contributed by atoms with Crippen molar-refractivity contribution in [3.05, 3.63) is 34.2 Å². The van der Waals surface area contributed by atoms with Gasteiger partial charge in [-0.25, -0.2) is 9.59 Å². The predicted octanol–water partition coefficient (Wildman–Crippen LogP) is 1.37. The van der Waals surface area contributed by atoms with Crippen molar-refractivity contribution < 1.29 is 9.90 Å². The molecule has 0 spiro atoms. The van der Waals surface area contributed by atoms with Crippen LogP contribution in [-0.2, 0) is 7.05 Å². The Morgan fingerprint density at radius 1 is 1.41 bits per heavy atom. The topological polar surface area (TPSA) is 64.2 Å². The molecule has 1 aromatic heterocycles. The van der Waals surface area contributed by atoms with Crippen LogP contribution in [0.25, 0.3) is 11.0 Å². The molecule has 3 rings (SSSR count). The smallest absolute Gasteiger partial charge is 0.337 e. The summed E-state index contributed by atoms with van der Waals surface area (Å²) in [7, 11) is 1.68. The molecule has 0 radical (unpaired) electrons. The maximum absolute atomic E-state index is 12.1. The van der Waals surface area contributed by atoms with Crippen molar-refractivity contribution in [2.75, 3.05) is 0 Å². The molecule has 5 heteroatoms. The van der Waals surface area contributed by atoms with E-state index in [1.165, 1.54) is 4.57 Å². The van der Waals surface area contributed by atoms with Crippen LogP contribution in [0.1, 0.15) is 29.2 Å². The maximum atomic E-state index is 12.1. The first-order chi connectivity index (χ1) is 8.11. The zero-order valence-corrected chi connectivity index (χ0v) is 9.38. The van der Waals surface area contributed by atoms with Gasteiger partial charge in [-0.3, -0.25) is 9.13 Å². The van der Waals surface area contributed by atoms with Gasteiger partial charge in [0.05, 0.1) is 16.6 Å². The number of aromatic carboxylic acids is 1. The standard InChI is InChI=1S/C12H12N2O3/c1-13-9-4-2-3-8(11(15)16)10(9)14(12(13)17)7-5-6-7/h2-4,7H,5-6H2,1H3,(H,15,16). The lowest BCUT2D eigenvalue weighted by atomic mass is 10.2. The van der Waals surface area contributed by atoms with E-state index >= 15 is 0 Å². The van der Waals surface area contributed by atoms with Gasteiger partial charge in [-0.2, -0.15) is 0 Å². The Bertz CT molecular complexity index is 677. The number of para-hydroxylation sites is 1. The van der Waals surface area contributed by atoms with Gasteiger partial charge in [0.25, 0.3) is 0 Å². The van der Waals surface area contributed by atoms with Crippen molar-refractivity contribution in [3.63, 3.8) is 0 Å². The van der Waals surface area contributed by atoms with E-state index in [4.69, 9.17) is 0 Å². The van der Waals surface area contributed by atoms with Gasteiger partial charge in [0.1, 0.15) is 0 Å². The largest absolute Gasteiger partial charge is 0.478 e. The highest BCUT2D eigenvalue weighted by Crippen LogP contribution is 2.36. The number of aryl methyl sites for hydroxylation is 1. The Morgan fingerprint density at radius 3 is 2.71 bits per heavy atom. The molecular weight excluding hydrogens is 220 g/mol. The summed E-state index contributed by atoms with van der Waals surface area (Å²) in [5.41, 5.74) is 1.31. The molecule has 1 saturated carbocycles. The summed E-state index contributed by atoms with van der Waals surface area (Å²) in [5, 5.41) is 9.18. The number of carbonyl (C=O) groups is 1. The van der Waals surface area contributed by atoms with Crippen LogP contribution in [0.2, 0.25) is 0 Å². The van der Waals surface area contributed by atoms with Crippen molar-refractivity contribution in [2.24, 2.45) is 7.05 Å². The van der Waals surface area contributed by atoms with E-state index in [2.05, 4.69) is 0 Å². The molecule has 0 amide bonds. The Labute approximate surface area is 96.9 Å². The molecule has 2 aromatic rings. The zero-order chi connectivity index (χ0) is 12.2. The zero-order valence-electron chi connectivity index (χ0n) is 9.38. The monoisotopic (exact) mass is 232 g/mol. The summed E-state index contributed by atoms with van der Waals surface area (Å²) >= 11 is 0. The second-order valence-corrected chi connectivity index (χ2v) is 4.42. The number of nitrogens with zero attached hydrogens (tertiary/aromatic N) is 2. The minimum absolute atomic E-state index is 0.129. The Morgan fingerprint density at radius 2 is 2.12 bits per heavy atom. The van der Waals surface area contributed by atoms with Crippen LogP contribution < -0.4 is 5.69 Å². The average molecular weight is 232 g/mol. The minimum atomic E-state index is -0.990. The number of hydrogen-bond donors (Lipinski definition) is 1. The van der Waals surface area contributed by atoms with Gasteiger partial charge in [-0.05, 0) is 25.0 Å². The summed E-state index contributed by atoms with van der Waals surface area (Å²) in [6, 6.07) is 5.17. The molecule has 0 saturated heterocycles. The molecule has 1 fully saturated rings. The van der Waals surface area contributed by atoms with Crippen LogP contribution in [-0.4, -0.2) is 20.2 Å². The fraction of sp³-hybridized carbons (Fsp3) is 0.333. The fourth-order valence-electron chi connectivity index (χ4n) is 2.26. The molecule has 5 nitrogen and oxygen atoms in total. The van der Waals surface area contributed by atoms with E-state index in [0.29, 0.717) is 11.0 Å². The molecule has 1 aromatic carbocycles. The summed E-state index contributed by atoms with van der Waals surface area (Å²) < 4.78 is 3.14. The molecule has 1 N–H and O–H groups in total. The lowest BCUT2D eigenvalue weighted by Crippen LogP contribution is -2.21. The van der Waals surface area contributed by atoms with Gasteiger partial charge >= 0.3 is 11.7 Å². The van der Waals surface area contributed by atoms with Gasteiger partial charge in [-0.1, -0.05) is 6.07 Å². The third-order valence-corrected chi connectivity index (χ3v) is 3.25. The van der Waals surface area contributed by atoms with Crippen molar-refractivity contribution in [2.45, 2.75) is 18.9 Å². The molecule has 1 aliphatic rings. The highest BCUT2D eigenvalue weighted by molar-refractivity contribution is 6.01. The van der Waals surface area contributed by atoms with Crippen LogP contribution >= 0.6 is 0 Å². The number of carboxylic acids is 1. The second-order valence-electron chi connectivity index (χ2n) is 4.42. The maximum Gasteiger partial charge on any atom is 0.337 e. The Hall–Kier alpha value is -2.04. The van der Waals surface area contributed by atoms with Gasteiger partial charge in [0.15, 0.2) is 0 Å². The number of imidazole rings is 1. The van der Waals surface area contributed by atoms with Crippen molar-refractivity contribution in [1.29, 1.82) is 0 Å². The van der Waals surface area contributed by atoms with E-state index < -0.39 is 5.97 Å². The normalized spacial score (nSPS) is 15.4. The van der Waals surface area contributed by atoms with E-state index in [1.54, 1.807) is 29.8 Å². The van der Waals surface area contributed by atoms with E-state index in [9.17, 15) is 14.7 Å². The molecule has 88 valence electrons. The molecule has 1 aliphatic carbocycles. The highest BCUT2D eigenvalue weighted by atomic mass is 16.4. The van der Waals surface area contributed by atoms with Crippen LogP contribution in [0, 0.1) is 0 Å². The lowest BCUT2D eigenvalue weighted by molar-refractivity contribution is 0.0698. The first-order valence-electron chi connectivity index (χ1n) is 5.54. The quantitative estimate of drug-likeness (QED) is 0.850. The molecule has 0 atom stereocenters. The summed E-state index contributed by atoms with van der Waals surface area (Å²) in [6.07, 6.45) is 1.90. The number of hydrogen-bond acceptors (Lipinski definition) is 2. The van der Waals surface area contributed by atoms with E-state index in [-0.39, 0.29) is 17.3 Å². The number of rotatable bonds is 2. The number of fused-ring (bicyclic) bond motifs is 1. The predicted molar refractivity (Wildman–Crippen MR) is 62.4 cm³/mol. The number of aromatic nitrogens is 2. The van der Waals surface area contributed by atoms with E-state index in [1.807, 2.05) is 0 Å². The molecular formula is C12H12N2O3. The molecule has 0 unspecified atom stereocenters. The third-order valence-electron chi connectivity index (χ3n) is 3.25. The first kappa shape index (κ1) is 10.1. The van der Waals surface area contributed by atoms with Gasteiger partial charge < -0.3 is 5.11 Å². The van der Waals surface area contributed by atoms with Crippen LogP contribution in [0.3, 0.4) is 0 Å². The van der Waals surface area contributed by atoms with Gasteiger partial charge in [0.2, 0.25) is 0 Å². The van der Waals surface area contributed by atoms with Gasteiger partial charge in [-0.15, -0.1) is 0 Å². The SMILES string of the molecule is Cn1c(=O)n(C2CC2)c2c(C(=O)O)cccc21. The van der Waals surface area contributed by atoms with Crippen LogP contribution in [0.4, 0.5) is 0 Å². The van der Waals surface area contributed by atoms with Crippen molar-refractivity contribution in [3.8, 4) is 0 Å². The summed E-state index contributed by atoms with van der Waals surface area (Å²) in [5.74, 6) is -0.990. The van der Waals surface area contributed by atoms with Crippen molar-refractivity contribution in [1.82, 2.24) is 9.13 Å². The number of benzene rings is 1. The van der Waals surface area contributed by atoms with Crippen molar-refractivity contribution >= 4 is 17.0 Å². The first-order valence-corrected chi connectivity index (χ1v) is 5.54. The molecule has 17 heavy (non-hydrogen) atoms. The van der Waals surface area contributed by atoms with E-state index in [0.717, 1.165) is 12.8 Å². The molecule has 1 heterocycles. The lowest BCUT2D eigenvalue weighted by Gasteiger charge is -2.02. The number of carboxylic acid groups (broad SMARTS) is 1. The summed E-state index contributed by atoms with van der Waals surface area (Å²) in [4.78, 5) is 23.3. The van der Waals surface area contributed by atoms with Gasteiger partial charge in [0, 0.05) is 13.1 Å².